The number of pyridine rings is 1. The molecule has 0 spiro atoms. The van der Waals surface area contributed by atoms with Gasteiger partial charge in [-0.15, -0.1) is 0 Å². The van der Waals surface area contributed by atoms with E-state index in [1.165, 1.54) is 0 Å². The molecule has 0 unspecified atom stereocenters. The van der Waals surface area contributed by atoms with Gasteiger partial charge in [0.2, 0.25) is 5.95 Å². The minimum atomic E-state index is -0.0554. The number of nitrogens with one attached hydrogen (secondary N) is 1. The molecule has 172 valence electrons. The molecular formula is C24H24N8O2. The molecule has 0 bridgehead atoms. The Balaban J connectivity index is 1.48. The van der Waals surface area contributed by atoms with Gasteiger partial charge in [-0.25, -0.2) is 4.98 Å². The van der Waals surface area contributed by atoms with Crippen molar-refractivity contribution in [1.29, 1.82) is 0 Å². The minimum Gasteiger partial charge on any atom is -0.378 e. The van der Waals surface area contributed by atoms with Gasteiger partial charge < -0.3 is 14.2 Å². The van der Waals surface area contributed by atoms with Crippen LogP contribution in [0, 0.1) is 6.92 Å². The highest BCUT2D eigenvalue weighted by Crippen LogP contribution is 2.23. The Morgan fingerprint density at radius 1 is 1.18 bits per heavy atom. The molecule has 10 nitrogen and oxygen atoms in total. The largest absolute Gasteiger partial charge is 0.378 e. The van der Waals surface area contributed by atoms with Crippen LogP contribution in [0.2, 0.25) is 0 Å². The zero-order valence-electron chi connectivity index (χ0n) is 18.8. The summed E-state index contributed by atoms with van der Waals surface area (Å²) in [6.45, 7) is 4.72. The molecule has 1 aliphatic rings. The third-order valence-corrected chi connectivity index (χ3v) is 5.49. The van der Waals surface area contributed by atoms with Crippen molar-refractivity contribution in [2.75, 3.05) is 36.6 Å². The number of hydrogen-bond acceptors (Lipinski definition) is 9. The van der Waals surface area contributed by atoms with E-state index in [0.717, 1.165) is 11.1 Å². The van der Waals surface area contributed by atoms with Gasteiger partial charge in [0, 0.05) is 31.0 Å². The average Bonchev–Trinajstić information content (AvgIpc) is 3.28. The highest BCUT2D eigenvalue weighted by atomic mass is 16.5. The number of aromatic nitrogens is 5. The van der Waals surface area contributed by atoms with Crippen LogP contribution in [0.15, 0.2) is 60.2 Å². The van der Waals surface area contributed by atoms with Crippen LogP contribution in [0.1, 0.15) is 21.5 Å². The van der Waals surface area contributed by atoms with Crippen LogP contribution in [-0.4, -0.2) is 62.8 Å². The number of anilines is 2. The van der Waals surface area contributed by atoms with E-state index in [0.29, 0.717) is 54.8 Å². The molecule has 0 atom stereocenters. The summed E-state index contributed by atoms with van der Waals surface area (Å²) in [6, 6.07) is 11.4. The van der Waals surface area contributed by atoms with Crippen molar-refractivity contribution in [2.24, 2.45) is 5.10 Å². The second kappa shape index (κ2) is 9.75. The Kier molecular flexibility index (Phi) is 6.21. The quantitative estimate of drug-likeness (QED) is 0.257. The Labute approximate surface area is 196 Å². The summed E-state index contributed by atoms with van der Waals surface area (Å²) in [6.07, 6.45) is 6.55. The van der Waals surface area contributed by atoms with Gasteiger partial charge in [0.05, 0.1) is 32.3 Å². The number of fused-ring (bicyclic) bond motifs is 1. The lowest BCUT2D eigenvalue weighted by molar-refractivity contribution is 0.0973. The first-order chi connectivity index (χ1) is 16.7. The number of ketones is 1. The Bertz CT molecular complexity index is 1330. The highest BCUT2D eigenvalue weighted by Gasteiger charge is 2.20. The minimum absolute atomic E-state index is 0.0554. The predicted molar refractivity (Wildman–Crippen MR) is 129 cm³/mol. The summed E-state index contributed by atoms with van der Waals surface area (Å²) in [4.78, 5) is 32.8. The number of nitrogens with zero attached hydrogens (tertiary/aromatic N) is 7. The fourth-order valence-electron chi connectivity index (χ4n) is 3.73. The zero-order valence-corrected chi connectivity index (χ0v) is 18.8. The first-order valence-corrected chi connectivity index (χ1v) is 11.0. The highest BCUT2D eigenvalue weighted by molar-refractivity contribution is 5.96. The second-order valence-electron chi connectivity index (χ2n) is 7.96. The number of imidazole rings is 1. The third-order valence-electron chi connectivity index (χ3n) is 5.49. The summed E-state index contributed by atoms with van der Waals surface area (Å²) in [5.74, 6) is 0.966. The van der Waals surface area contributed by atoms with Crippen LogP contribution in [0.3, 0.4) is 0 Å². The average molecular weight is 457 g/mol. The Morgan fingerprint density at radius 2 is 2.00 bits per heavy atom. The molecule has 1 aromatic carbocycles. The predicted octanol–water partition coefficient (Wildman–Crippen LogP) is 2.70. The maximum atomic E-state index is 12.8. The lowest BCUT2D eigenvalue weighted by atomic mass is 10.2. The molecule has 0 saturated carbocycles. The van der Waals surface area contributed by atoms with Crippen LogP contribution in [0.5, 0.6) is 0 Å². The summed E-state index contributed by atoms with van der Waals surface area (Å²) in [5.41, 5.74) is 6.84. The van der Waals surface area contributed by atoms with Gasteiger partial charge in [0.15, 0.2) is 22.8 Å². The second-order valence-corrected chi connectivity index (χ2v) is 7.96. The van der Waals surface area contributed by atoms with Crippen LogP contribution >= 0.6 is 0 Å². The molecule has 0 aliphatic carbocycles. The standard InChI is InChI=1S/C24H24N8O2/c1-17-3-2-4-18(13-17)14-27-30-22-21-23(29-24(28-22)31-9-11-34-12-10-31)32(16-26-21)15-20(33)19-5-7-25-8-6-19/h2-8,13-14,16H,9-12,15H2,1H3,(H,28,29,30). The van der Waals surface area contributed by atoms with Crippen molar-refractivity contribution in [3.05, 3.63) is 71.8 Å². The smallest absolute Gasteiger partial charge is 0.229 e. The molecule has 4 aromatic rings. The molecule has 1 fully saturated rings. The number of morpholine rings is 1. The Morgan fingerprint density at radius 3 is 2.79 bits per heavy atom. The van der Waals surface area contributed by atoms with E-state index in [2.05, 4.69) is 30.4 Å². The van der Waals surface area contributed by atoms with Crippen LogP contribution in [0.4, 0.5) is 11.8 Å². The maximum Gasteiger partial charge on any atom is 0.229 e. The fourth-order valence-corrected chi connectivity index (χ4v) is 3.73. The molecule has 1 N–H and O–H groups in total. The number of benzene rings is 1. The monoisotopic (exact) mass is 456 g/mol. The van der Waals surface area contributed by atoms with Gasteiger partial charge in [-0.3, -0.25) is 15.2 Å². The SMILES string of the molecule is Cc1cccc(C=NNc2nc(N3CCOCC3)nc3c2ncn3CC(=O)c2ccncc2)c1. The van der Waals surface area contributed by atoms with Crippen molar-refractivity contribution in [3.63, 3.8) is 0 Å². The van der Waals surface area contributed by atoms with E-state index in [1.807, 2.05) is 31.2 Å². The van der Waals surface area contributed by atoms with E-state index in [-0.39, 0.29) is 12.3 Å². The fraction of sp³-hybridized carbons (Fsp3) is 0.250. The number of rotatable bonds is 7. The number of carbonyl (C=O) groups is 1. The zero-order chi connectivity index (χ0) is 23.3. The number of hydrazone groups is 1. The Hall–Kier alpha value is -4.18. The van der Waals surface area contributed by atoms with E-state index in [9.17, 15) is 4.79 Å². The number of aryl methyl sites for hydroxylation is 1. The topological polar surface area (TPSA) is 110 Å². The molecule has 1 saturated heterocycles. The van der Waals surface area contributed by atoms with Crippen molar-refractivity contribution in [2.45, 2.75) is 13.5 Å². The molecule has 5 rings (SSSR count). The van der Waals surface area contributed by atoms with Gasteiger partial charge in [-0.05, 0) is 24.6 Å². The molecule has 0 radical (unpaired) electrons. The van der Waals surface area contributed by atoms with Gasteiger partial charge in [0.25, 0.3) is 0 Å². The summed E-state index contributed by atoms with van der Waals surface area (Å²) in [5, 5.41) is 4.38. The van der Waals surface area contributed by atoms with E-state index >= 15 is 0 Å². The summed E-state index contributed by atoms with van der Waals surface area (Å²) in [7, 11) is 0. The van der Waals surface area contributed by atoms with Crippen LogP contribution in [-0.2, 0) is 11.3 Å². The molecule has 10 heteroatoms. The number of hydrogen-bond donors (Lipinski definition) is 1. The molecule has 0 amide bonds. The lowest BCUT2D eigenvalue weighted by Gasteiger charge is -2.27. The first-order valence-electron chi connectivity index (χ1n) is 11.0. The third kappa shape index (κ3) is 4.76. The van der Waals surface area contributed by atoms with Gasteiger partial charge >= 0.3 is 0 Å². The normalized spacial score (nSPS) is 14.1. The first kappa shape index (κ1) is 21.7. The number of carbonyl (C=O) groups excluding carboxylic acids is 1. The van der Waals surface area contributed by atoms with Crippen molar-refractivity contribution < 1.29 is 9.53 Å². The van der Waals surface area contributed by atoms with Crippen LogP contribution < -0.4 is 10.3 Å². The van der Waals surface area contributed by atoms with E-state index < -0.39 is 0 Å². The van der Waals surface area contributed by atoms with Crippen LogP contribution in [0.25, 0.3) is 11.2 Å². The van der Waals surface area contributed by atoms with Crippen molar-refractivity contribution in [1.82, 2.24) is 24.5 Å². The van der Waals surface area contributed by atoms with E-state index in [1.54, 1.807) is 41.6 Å². The molecule has 34 heavy (non-hydrogen) atoms. The summed E-state index contributed by atoms with van der Waals surface area (Å²) >= 11 is 0. The van der Waals surface area contributed by atoms with Gasteiger partial charge in [0.1, 0.15) is 0 Å². The molecular weight excluding hydrogens is 432 g/mol. The molecule has 4 heterocycles. The van der Waals surface area contributed by atoms with Gasteiger partial charge in [-0.2, -0.15) is 15.1 Å². The number of ether oxygens (including phenoxy) is 1. The molecule has 1 aliphatic heterocycles. The van der Waals surface area contributed by atoms with Gasteiger partial charge in [-0.1, -0.05) is 29.8 Å². The maximum absolute atomic E-state index is 12.8. The molecule has 3 aromatic heterocycles. The van der Waals surface area contributed by atoms with Crippen molar-refractivity contribution in [3.8, 4) is 0 Å². The van der Waals surface area contributed by atoms with E-state index in [4.69, 9.17) is 9.72 Å². The number of Topliss-reactive ketones (excluding diaryl/α,β-unsaturated/α-hetero) is 1. The lowest BCUT2D eigenvalue weighted by Crippen LogP contribution is -2.37. The summed E-state index contributed by atoms with van der Waals surface area (Å²) < 4.78 is 7.20. The van der Waals surface area contributed by atoms with Crippen molar-refractivity contribution >= 4 is 34.9 Å².